The summed E-state index contributed by atoms with van der Waals surface area (Å²) in [5, 5.41) is 2.22. The van der Waals surface area contributed by atoms with E-state index >= 15 is 0 Å². The Bertz CT molecular complexity index is 790. The summed E-state index contributed by atoms with van der Waals surface area (Å²) in [4.78, 5) is 24.1. The first-order chi connectivity index (χ1) is 11.8. The van der Waals surface area contributed by atoms with Crippen LogP contribution in [0.15, 0.2) is 40.9 Å². The number of ether oxygens (including phenoxy) is 1. The molecule has 4 nitrogen and oxygen atoms in total. The van der Waals surface area contributed by atoms with E-state index < -0.39 is 40.9 Å². The Morgan fingerprint density at radius 2 is 1.80 bits per heavy atom. The minimum atomic E-state index is -1.36. The molecule has 0 aromatic heterocycles. The molecule has 2 aromatic rings. The fourth-order valence-electron chi connectivity index (χ4n) is 2.22. The van der Waals surface area contributed by atoms with Crippen molar-refractivity contribution in [2.45, 2.75) is 12.5 Å². The van der Waals surface area contributed by atoms with Crippen LogP contribution in [0.4, 0.5) is 13.2 Å². The molecule has 0 heterocycles. The van der Waals surface area contributed by atoms with Crippen molar-refractivity contribution in [3.05, 3.63) is 69.4 Å². The molecule has 1 amide bonds. The van der Waals surface area contributed by atoms with E-state index in [9.17, 15) is 22.8 Å². The molecule has 0 saturated heterocycles. The number of hydrogen-bond acceptors (Lipinski definition) is 3. The molecule has 0 unspecified atom stereocenters. The van der Waals surface area contributed by atoms with Crippen LogP contribution in [0.25, 0.3) is 0 Å². The minimum Gasteiger partial charge on any atom is -0.467 e. The highest BCUT2D eigenvalue weighted by Gasteiger charge is 2.26. The summed E-state index contributed by atoms with van der Waals surface area (Å²) in [5.74, 6) is -5.83. The van der Waals surface area contributed by atoms with Gasteiger partial charge in [-0.2, -0.15) is 0 Å². The van der Waals surface area contributed by atoms with Crippen LogP contribution < -0.4 is 5.32 Å². The molecule has 0 fully saturated rings. The number of methoxy groups -OCH3 is 1. The van der Waals surface area contributed by atoms with Gasteiger partial charge in [-0.05, 0) is 17.7 Å². The van der Waals surface area contributed by atoms with Crippen LogP contribution in [0, 0.1) is 17.5 Å². The third kappa shape index (κ3) is 4.82. The Balaban J connectivity index is 2.25. The highest BCUT2D eigenvalue weighted by Crippen LogP contribution is 2.17. The van der Waals surface area contributed by atoms with E-state index in [2.05, 4.69) is 26.0 Å². The quantitative estimate of drug-likeness (QED) is 0.761. The second kappa shape index (κ2) is 8.15. The first-order valence-corrected chi connectivity index (χ1v) is 7.88. The maximum atomic E-state index is 13.7. The molecule has 0 aliphatic heterocycles. The third-order valence-electron chi connectivity index (χ3n) is 3.35. The number of amides is 1. The Labute approximate surface area is 150 Å². The SMILES string of the molecule is COC(=O)[C@@H](Cc1cccc(Br)c1)NC(=O)c1c(F)cc(F)cc1F. The van der Waals surface area contributed by atoms with Crippen LogP contribution in [-0.4, -0.2) is 25.0 Å². The number of hydrogen-bond donors (Lipinski definition) is 1. The molecular weight excluding hydrogens is 403 g/mol. The Morgan fingerprint density at radius 3 is 2.36 bits per heavy atom. The van der Waals surface area contributed by atoms with Gasteiger partial charge in [0.25, 0.3) is 5.91 Å². The maximum Gasteiger partial charge on any atom is 0.328 e. The number of esters is 1. The second-order valence-corrected chi connectivity index (χ2v) is 6.04. The molecule has 132 valence electrons. The topological polar surface area (TPSA) is 55.4 Å². The molecule has 2 aromatic carbocycles. The fraction of sp³-hybridized carbons (Fsp3) is 0.176. The molecular formula is C17H13BrF3NO3. The van der Waals surface area contributed by atoms with Crippen molar-refractivity contribution in [3.8, 4) is 0 Å². The number of carbonyl (C=O) groups excluding carboxylic acids is 2. The fourth-order valence-corrected chi connectivity index (χ4v) is 2.67. The number of halogens is 4. The zero-order valence-corrected chi connectivity index (χ0v) is 14.6. The third-order valence-corrected chi connectivity index (χ3v) is 3.85. The molecule has 1 N–H and O–H groups in total. The Hall–Kier alpha value is -2.35. The summed E-state index contributed by atoms with van der Waals surface area (Å²) in [6, 6.07) is 6.55. The second-order valence-electron chi connectivity index (χ2n) is 5.13. The smallest absolute Gasteiger partial charge is 0.328 e. The summed E-state index contributed by atoms with van der Waals surface area (Å²) in [6.45, 7) is 0. The lowest BCUT2D eigenvalue weighted by atomic mass is 10.1. The molecule has 0 spiro atoms. The predicted molar refractivity (Wildman–Crippen MR) is 87.4 cm³/mol. The standard InChI is InChI=1S/C17H13BrF3NO3/c1-25-17(24)14(6-9-3-2-4-10(18)5-9)22-16(23)15-12(20)7-11(19)8-13(15)21/h2-5,7-8,14H,6H2,1H3,(H,22,23)/t14-/m1/s1. The highest BCUT2D eigenvalue weighted by molar-refractivity contribution is 9.10. The summed E-state index contributed by atoms with van der Waals surface area (Å²) in [5.41, 5.74) is -0.283. The van der Waals surface area contributed by atoms with Crippen molar-refractivity contribution >= 4 is 27.8 Å². The summed E-state index contributed by atoms with van der Waals surface area (Å²) >= 11 is 3.28. The van der Waals surface area contributed by atoms with E-state index in [1.807, 2.05) is 0 Å². The normalized spacial score (nSPS) is 11.7. The van der Waals surface area contributed by atoms with Gasteiger partial charge in [0.1, 0.15) is 29.1 Å². The highest BCUT2D eigenvalue weighted by atomic mass is 79.9. The van der Waals surface area contributed by atoms with Crippen molar-refractivity contribution in [1.82, 2.24) is 5.32 Å². The van der Waals surface area contributed by atoms with Gasteiger partial charge >= 0.3 is 5.97 Å². The Kier molecular flexibility index (Phi) is 6.19. The zero-order valence-electron chi connectivity index (χ0n) is 13.0. The molecule has 0 aliphatic carbocycles. The van der Waals surface area contributed by atoms with Crippen LogP contribution in [0.1, 0.15) is 15.9 Å². The number of rotatable bonds is 5. The largest absolute Gasteiger partial charge is 0.467 e. The van der Waals surface area contributed by atoms with Crippen molar-refractivity contribution in [1.29, 1.82) is 0 Å². The van der Waals surface area contributed by atoms with E-state index in [0.29, 0.717) is 17.7 Å². The van der Waals surface area contributed by atoms with Crippen molar-refractivity contribution in [3.63, 3.8) is 0 Å². The Morgan fingerprint density at radius 1 is 1.16 bits per heavy atom. The van der Waals surface area contributed by atoms with Gasteiger partial charge in [0.05, 0.1) is 7.11 Å². The minimum absolute atomic E-state index is 0.0439. The summed E-state index contributed by atoms with van der Waals surface area (Å²) in [6.07, 6.45) is 0.0439. The van der Waals surface area contributed by atoms with Gasteiger partial charge in [-0.1, -0.05) is 28.1 Å². The van der Waals surface area contributed by atoms with Crippen molar-refractivity contribution < 1.29 is 27.5 Å². The van der Waals surface area contributed by atoms with Gasteiger partial charge in [-0.15, -0.1) is 0 Å². The number of benzene rings is 2. The van der Waals surface area contributed by atoms with Crippen LogP contribution >= 0.6 is 15.9 Å². The zero-order chi connectivity index (χ0) is 18.6. The molecule has 8 heteroatoms. The molecule has 0 saturated carbocycles. The van der Waals surface area contributed by atoms with E-state index in [4.69, 9.17) is 0 Å². The number of nitrogens with one attached hydrogen (secondary N) is 1. The first-order valence-electron chi connectivity index (χ1n) is 7.09. The average Bonchev–Trinajstić information content (AvgIpc) is 2.52. The monoisotopic (exact) mass is 415 g/mol. The van der Waals surface area contributed by atoms with E-state index in [1.165, 1.54) is 0 Å². The lowest BCUT2D eigenvalue weighted by Crippen LogP contribution is -2.43. The van der Waals surface area contributed by atoms with Gasteiger partial charge < -0.3 is 10.1 Å². The first kappa shape index (κ1) is 19.0. The molecule has 1 atom stereocenters. The van der Waals surface area contributed by atoms with E-state index in [1.54, 1.807) is 24.3 Å². The summed E-state index contributed by atoms with van der Waals surface area (Å²) < 4.78 is 45.8. The van der Waals surface area contributed by atoms with Crippen molar-refractivity contribution in [2.75, 3.05) is 7.11 Å². The van der Waals surface area contributed by atoms with Crippen LogP contribution in [0.2, 0.25) is 0 Å². The molecule has 25 heavy (non-hydrogen) atoms. The molecule has 2 rings (SSSR count). The van der Waals surface area contributed by atoms with Gasteiger partial charge in [0.2, 0.25) is 0 Å². The molecule has 0 bridgehead atoms. The predicted octanol–water partition coefficient (Wildman–Crippen LogP) is 3.38. The van der Waals surface area contributed by atoms with Gasteiger partial charge in [0.15, 0.2) is 0 Å². The lowest BCUT2D eigenvalue weighted by molar-refractivity contribution is -0.142. The van der Waals surface area contributed by atoms with Gasteiger partial charge in [-0.3, -0.25) is 4.79 Å². The van der Waals surface area contributed by atoms with Crippen molar-refractivity contribution in [2.24, 2.45) is 0 Å². The molecule has 0 radical (unpaired) electrons. The number of carbonyl (C=O) groups is 2. The van der Waals surface area contributed by atoms with Gasteiger partial charge in [-0.25, -0.2) is 18.0 Å². The maximum absolute atomic E-state index is 13.7. The van der Waals surface area contributed by atoms with Crippen LogP contribution in [0.5, 0.6) is 0 Å². The van der Waals surface area contributed by atoms with Crippen LogP contribution in [0.3, 0.4) is 0 Å². The molecule has 0 aliphatic rings. The van der Waals surface area contributed by atoms with E-state index in [0.717, 1.165) is 11.6 Å². The summed E-state index contributed by atoms with van der Waals surface area (Å²) in [7, 11) is 1.13. The van der Waals surface area contributed by atoms with Gasteiger partial charge in [0, 0.05) is 23.0 Å². The van der Waals surface area contributed by atoms with E-state index in [-0.39, 0.29) is 6.42 Å². The average molecular weight is 416 g/mol. The lowest BCUT2D eigenvalue weighted by Gasteiger charge is -2.17. The van der Waals surface area contributed by atoms with Crippen LogP contribution in [-0.2, 0) is 16.0 Å².